The third kappa shape index (κ3) is 12.8. The van der Waals surface area contributed by atoms with Crippen LogP contribution in [0.25, 0.3) is 0 Å². The summed E-state index contributed by atoms with van der Waals surface area (Å²) in [7, 11) is 2.26. The Morgan fingerprint density at radius 1 is 0.672 bits per heavy atom. The van der Waals surface area contributed by atoms with Crippen molar-refractivity contribution in [3.8, 4) is 0 Å². The number of nitrogens with one attached hydrogen (secondary N) is 3. The number of ether oxygens (including phenoxy) is 6. The van der Waals surface area contributed by atoms with Gasteiger partial charge in [-0.3, -0.25) is 9.69 Å². The van der Waals surface area contributed by atoms with Gasteiger partial charge in [-0.2, -0.15) is 0 Å². The molecule has 0 saturated heterocycles. The summed E-state index contributed by atoms with van der Waals surface area (Å²) in [6, 6.07) is 11.0. The Labute approximate surface area is 401 Å². The number of nitrogens with zero attached hydrogens (tertiary/aromatic N) is 1. The van der Waals surface area contributed by atoms with Crippen molar-refractivity contribution in [1.82, 2.24) is 20.9 Å². The maximum absolute atomic E-state index is 14.1. The van der Waals surface area contributed by atoms with Crippen LogP contribution >= 0.6 is 0 Å². The summed E-state index contributed by atoms with van der Waals surface area (Å²) in [5.41, 5.74) is -1.06. The Hall–Kier alpha value is -3.62. The van der Waals surface area contributed by atoms with E-state index in [0.717, 1.165) is 57.9 Å². The van der Waals surface area contributed by atoms with Gasteiger partial charge in [0.2, 0.25) is 0 Å². The number of alkyl carbamates (subject to hydrolysis) is 3. The average molecular weight is 939 g/mol. The number of carbonyl (C=O) groups is 4. The Morgan fingerprint density at radius 2 is 1.24 bits per heavy atom. The van der Waals surface area contributed by atoms with Crippen molar-refractivity contribution in [1.29, 1.82) is 0 Å². The van der Waals surface area contributed by atoms with Gasteiger partial charge in [0.05, 0.1) is 25.4 Å². The van der Waals surface area contributed by atoms with Crippen molar-refractivity contribution in [2.45, 2.75) is 189 Å². The SMILES string of the molecule is CN(Cc1ccccc1)C1CC[C@]1(C)[C@H]1CC[C@H]2[C@@H]3[C@H](OCCNC(=O)OC(C)(C)C)C[C@@H]4C[C@H](OCCNC(=O)OC(C)(C)C)CC[C@]4(C)[C@H]3C[C@H](OC(=O)CNC(=O)OC(C)(C)C)[C@@]21C. The van der Waals surface area contributed by atoms with Crippen molar-refractivity contribution >= 4 is 24.2 Å². The van der Waals surface area contributed by atoms with Crippen molar-refractivity contribution in [2.24, 2.45) is 45.8 Å². The summed E-state index contributed by atoms with van der Waals surface area (Å²) >= 11 is 0. The largest absolute Gasteiger partial charge is 0.460 e. The van der Waals surface area contributed by atoms with Crippen molar-refractivity contribution in [3.63, 3.8) is 0 Å². The number of fused-ring (bicyclic) bond motifs is 5. The van der Waals surface area contributed by atoms with Crippen LogP contribution in [-0.2, 0) is 39.8 Å². The lowest BCUT2D eigenvalue weighted by molar-refractivity contribution is -0.235. The van der Waals surface area contributed by atoms with Crippen LogP contribution in [0.1, 0.15) is 146 Å². The molecular formula is C53H86N4O10. The quantitative estimate of drug-likeness (QED) is 0.0873. The summed E-state index contributed by atoms with van der Waals surface area (Å²) in [6.45, 7) is 25.8. The fraction of sp³-hybridized carbons (Fsp3) is 0.811. The van der Waals surface area contributed by atoms with E-state index in [0.29, 0.717) is 38.8 Å². The van der Waals surface area contributed by atoms with Gasteiger partial charge in [-0.15, -0.1) is 0 Å². The first-order valence-corrected chi connectivity index (χ1v) is 25.3. The molecule has 14 heteroatoms. The van der Waals surface area contributed by atoms with Gasteiger partial charge < -0.3 is 44.4 Å². The number of hydrogen-bond donors (Lipinski definition) is 3. The first-order chi connectivity index (χ1) is 31.2. The molecule has 0 radical (unpaired) electrons. The maximum Gasteiger partial charge on any atom is 0.408 e. The molecule has 12 atom stereocenters. The van der Waals surface area contributed by atoms with Crippen LogP contribution in [0.15, 0.2) is 30.3 Å². The molecule has 0 bridgehead atoms. The zero-order valence-corrected chi connectivity index (χ0v) is 43.2. The highest BCUT2D eigenvalue weighted by atomic mass is 16.6. The second-order valence-corrected chi connectivity index (χ2v) is 24.3. The molecule has 1 aromatic carbocycles. The van der Waals surface area contributed by atoms with Crippen molar-refractivity contribution in [3.05, 3.63) is 35.9 Å². The van der Waals surface area contributed by atoms with Gasteiger partial charge in [-0.05, 0) is 173 Å². The van der Waals surface area contributed by atoms with Crippen molar-refractivity contribution in [2.75, 3.05) is 39.9 Å². The molecule has 5 aliphatic carbocycles. The lowest BCUT2D eigenvalue weighted by Crippen LogP contribution is -2.66. The normalized spacial score (nSPS) is 33.8. The predicted molar refractivity (Wildman–Crippen MR) is 257 cm³/mol. The van der Waals surface area contributed by atoms with Crippen molar-refractivity contribution < 1.29 is 47.6 Å². The molecular weight excluding hydrogens is 853 g/mol. The molecule has 0 heterocycles. The van der Waals surface area contributed by atoms with E-state index in [1.807, 2.05) is 41.5 Å². The minimum Gasteiger partial charge on any atom is -0.460 e. The molecule has 0 aliphatic heterocycles. The molecule has 5 fully saturated rings. The van der Waals surface area contributed by atoms with Gasteiger partial charge in [-0.1, -0.05) is 51.1 Å². The second kappa shape index (κ2) is 20.8. The van der Waals surface area contributed by atoms with Gasteiger partial charge in [0, 0.05) is 31.1 Å². The number of carbonyl (C=O) groups excluding carboxylic acids is 4. The fourth-order valence-corrected chi connectivity index (χ4v) is 13.5. The summed E-state index contributed by atoms with van der Waals surface area (Å²) in [4.78, 5) is 54.4. The summed E-state index contributed by atoms with van der Waals surface area (Å²) in [5, 5.41) is 8.41. The topological polar surface area (TPSA) is 163 Å². The Balaban J connectivity index is 1.28. The molecule has 3 amide bonds. The average Bonchev–Trinajstić information content (AvgIpc) is 3.56. The van der Waals surface area contributed by atoms with E-state index in [2.05, 4.69) is 79.0 Å². The van der Waals surface area contributed by atoms with Crippen LogP contribution in [0.3, 0.4) is 0 Å². The molecule has 14 nitrogen and oxygen atoms in total. The lowest BCUT2D eigenvalue weighted by Gasteiger charge is -2.66. The molecule has 5 aliphatic rings. The zero-order valence-electron chi connectivity index (χ0n) is 43.2. The summed E-state index contributed by atoms with van der Waals surface area (Å²) in [6.07, 6.45) is 6.48. The van der Waals surface area contributed by atoms with E-state index in [9.17, 15) is 19.2 Å². The highest BCUT2D eigenvalue weighted by Crippen LogP contribution is 2.72. The molecule has 6 rings (SSSR count). The number of hydrogen-bond acceptors (Lipinski definition) is 11. The Bertz CT molecular complexity index is 1860. The van der Waals surface area contributed by atoms with Crippen LogP contribution < -0.4 is 16.0 Å². The van der Waals surface area contributed by atoms with Gasteiger partial charge in [-0.25, -0.2) is 14.4 Å². The van der Waals surface area contributed by atoms with E-state index in [-0.39, 0.29) is 70.7 Å². The smallest absolute Gasteiger partial charge is 0.408 e. The molecule has 0 aromatic heterocycles. The Morgan fingerprint density at radius 3 is 1.81 bits per heavy atom. The van der Waals surface area contributed by atoms with E-state index < -0.39 is 41.1 Å². The summed E-state index contributed by atoms with van der Waals surface area (Å²) in [5.74, 6) is 0.684. The van der Waals surface area contributed by atoms with E-state index in [1.54, 1.807) is 20.8 Å². The Kier molecular flexibility index (Phi) is 16.3. The number of amides is 3. The third-order valence-electron chi connectivity index (χ3n) is 16.3. The standard InChI is InChI=1S/C53H86N4O10/c1-48(2,3)65-45(59)54-25-27-62-36-21-23-51(10)35(29-36)30-39(63-28-26-55-46(60)66-49(4,5)6)44-37-19-20-40(52(11)24-22-41(52)57(13)33-34-17-15-14-16-18-34)53(37,12)42(31-38(44)51)64-43(58)32-56-47(61)67-50(7,8)9/h14-18,35-42,44H,19-33H2,1-13H3,(H,54,59)(H,55,60)(H,56,61)/t35-,36+,37-,38-,39+,40+,41?,42-,44-,51-,52+,53-/m0/s1. The van der Waals surface area contributed by atoms with Gasteiger partial charge in [0.1, 0.15) is 29.5 Å². The second-order valence-electron chi connectivity index (χ2n) is 24.3. The molecule has 0 spiro atoms. The van der Waals surface area contributed by atoms with Gasteiger partial charge in [0.25, 0.3) is 0 Å². The van der Waals surface area contributed by atoms with E-state index >= 15 is 0 Å². The van der Waals surface area contributed by atoms with E-state index in [1.165, 1.54) is 5.56 Å². The lowest BCUT2D eigenvalue weighted by atomic mass is 9.41. The number of esters is 1. The monoisotopic (exact) mass is 939 g/mol. The van der Waals surface area contributed by atoms with Crippen LogP contribution in [0.5, 0.6) is 0 Å². The maximum atomic E-state index is 14.1. The van der Waals surface area contributed by atoms with Crippen LogP contribution in [0.4, 0.5) is 14.4 Å². The first-order valence-electron chi connectivity index (χ1n) is 25.3. The molecule has 5 saturated carbocycles. The number of rotatable bonds is 15. The van der Waals surface area contributed by atoms with E-state index in [4.69, 9.17) is 28.4 Å². The molecule has 3 N–H and O–H groups in total. The van der Waals surface area contributed by atoms with Crippen LogP contribution in [0, 0.1) is 45.8 Å². The molecule has 1 aromatic rings. The van der Waals surface area contributed by atoms with Crippen LogP contribution in [-0.4, -0.2) is 110 Å². The minimum absolute atomic E-state index is 0.0121. The molecule has 1 unspecified atom stereocenters. The minimum atomic E-state index is -0.703. The zero-order chi connectivity index (χ0) is 49.2. The fourth-order valence-electron chi connectivity index (χ4n) is 13.5. The molecule has 378 valence electrons. The first kappa shape index (κ1) is 52.7. The predicted octanol–water partition coefficient (Wildman–Crippen LogP) is 9.42. The number of benzene rings is 1. The van der Waals surface area contributed by atoms with Crippen LogP contribution in [0.2, 0.25) is 0 Å². The molecule has 67 heavy (non-hydrogen) atoms. The highest BCUT2D eigenvalue weighted by molar-refractivity contribution is 5.78. The van der Waals surface area contributed by atoms with Gasteiger partial charge in [0.15, 0.2) is 0 Å². The summed E-state index contributed by atoms with van der Waals surface area (Å²) < 4.78 is 36.8. The third-order valence-corrected chi connectivity index (χ3v) is 16.3. The highest BCUT2D eigenvalue weighted by Gasteiger charge is 2.70. The van der Waals surface area contributed by atoms with Gasteiger partial charge >= 0.3 is 24.2 Å².